The van der Waals surface area contributed by atoms with E-state index in [1.807, 2.05) is 7.05 Å². The van der Waals surface area contributed by atoms with Crippen LogP contribution in [0.3, 0.4) is 0 Å². The van der Waals surface area contributed by atoms with Crippen LogP contribution in [0.2, 0.25) is 0 Å². The van der Waals surface area contributed by atoms with Crippen LogP contribution >= 0.6 is 11.3 Å². The second-order valence-electron chi connectivity index (χ2n) is 3.83. The van der Waals surface area contributed by atoms with Crippen LogP contribution in [0.5, 0.6) is 0 Å². The minimum atomic E-state index is -0.364. The van der Waals surface area contributed by atoms with Gasteiger partial charge in [0, 0.05) is 19.0 Å². The van der Waals surface area contributed by atoms with Crippen LogP contribution in [0.25, 0.3) is 0 Å². The van der Waals surface area contributed by atoms with E-state index in [4.69, 9.17) is 0 Å². The van der Waals surface area contributed by atoms with E-state index >= 15 is 0 Å². The number of hydrogen-bond acceptors (Lipinski definition) is 5. The minimum absolute atomic E-state index is 0.364. The molecule has 0 unspecified atom stereocenters. The predicted molar refractivity (Wildman–Crippen MR) is 59.4 cm³/mol. The van der Waals surface area contributed by atoms with Gasteiger partial charge in [-0.3, -0.25) is 0 Å². The Morgan fingerprint density at radius 1 is 1.73 bits per heavy atom. The van der Waals surface area contributed by atoms with Gasteiger partial charge in [-0.1, -0.05) is 0 Å². The Labute approximate surface area is 92.9 Å². The SMILES string of the molecule is COC(=O)c1csc(N(C)CC2CC2)n1. The van der Waals surface area contributed by atoms with Crippen LogP contribution in [0.1, 0.15) is 23.3 Å². The van der Waals surface area contributed by atoms with Crippen LogP contribution in [0.4, 0.5) is 5.13 Å². The third-order valence-electron chi connectivity index (χ3n) is 2.44. The maximum atomic E-state index is 11.2. The number of ether oxygens (including phenoxy) is 1. The molecule has 15 heavy (non-hydrogen) atoms. The molecule has 0 radical (unpaired) electrons. The monoisotopic (exact) mass is 226 g/mol. The highest BCUT2D eigenvalue weighted by atomic mass is 32.1. The molecule has 1 heterocycles. The zero-order valence-electron chi connectivity index (χ0n) is 8.90. The topological polar surface area (TPSA) is 42.4 Å². The van der Waals surface area contributed by atoms with Gasteiger partial charge in [0.25, 0.3) is 0 Å². The number of anilines is 1. The number of rotatable bonds is 4. The summed E-state index contributed by atoms with van der Waals surface area (Å²) in [7, 11) is 3.38. The largest absolute Gasteiger partial charge is 0.464 e. The number of aromatic nitrogens is 1. The molecule has 0 aromatic carbocycles. The molecule has 5 heteroatoms. The van der Waals surface area contributed by atoms with E-state index in [2.05, 4.69) is 14.6 Å². The lowest BCUT2D eigenvalue weighted by Crippen LogP contribution is -2.19. The standard InChI is InChI=1S/C10H14N2O2S/c1-12(5-7-3-4-7)10-11-8(6-15-10)9(13)14-2/h6-7H,3-5H2,1-2H3. The Hall–Kier alpha value is -1.10. The Kier molecular flexibility index (Phi) is 2.90. The van der Waals surface area contributed by atoms with E-state index in [1.165, 1.54) is 31.3 Å². The molecular formula is C10H14N2O2S. The van der Waals surface area contributed by atoms with Gasteiger partial charge >= 0.3 is 5.97 Å². The smallest absolute Gasteiger partial charge is 0.357 e. The molecular weight excluding hydrogens is 212 g/mol. The van der Waals surface area contributed by atoms with Crippen LogP contribution < -0.4 is 4.90 Å². The van der Waals surface area contributed by atoms with Crippen molar-refractivity contribution in [2.24, 2.45) is 5.92 Å². The summed E-state index contributed by atoms with van der Waals surface area (Å²) in [6.07, 6.45) is 2.64. The lowest BCUT2D eigenvalue weighted by atomic mass is 10.4. The Morgan fingerprint density at radius 2 is 2.47 bits per heavy atom. The van der Waals surface area contributed by atoms with Crippen molar-refractivity contribution in [3.63, 3.8) is 0 Å². The van der Waals surface area contributed by atoms with E-state index in [0.29, 0.717) is 5.69 Å². The van der Waals surface area contributed by atoms with Gasteiger partial charge in [-0.2, -0.15) is 0 Å². The molecule has 1 aromatic heterocycles. The highest BCUT2D eigenvalue weighted by molar-refractivity contribution is 7.13. The van der Waals surface area contributed by atoms with Gasteiger partial charge in [0.05, 0.1) is 7.11 Å². The fourth-order valence-corrected chi connectivity index (χ4v) is 2.18. The summed E-state index contributed by atoms with van der Waals surface area (Å²) in [6.45, 7) is 1.04. The molecule has 1 saturated carbocycles. The van der Waals surface area contributed by atoms with E-state index < -0.39 is 0 Å². The molecule has 0 atom stereocenters. The molecule has 0 bridgehead atoms. The quantitative estimate of drug-likeness (QED) is 0.734. The van der Waals surface area contributed by atoms with Crippen molar-refractivity contribution in [2.45, 2.75) is 12.8 Å². The predicted octanol–water partition coefficient (Wildman–Crippen LogP) is 1.78. The fraction of sp³-hybridized carbons (Fsp3) is 0.600. The number of methoxy groups -OCH3 is 1. The van der Waals surface area contributed by atoms with Crippen molar-refractivity contribution < 1.29 is 9.53 Å². The van der Waals surface area contributed by atoms with Gasteiger partial charge in [0.1, 0.15) is 0 Å². The average Bonchev–Trinajstić information content (AvgIpc) is 2.91. The number of thiazole rings is 1. The molecule has 4 nitrogen and oxygen atoms in total. The molecule has 2 rings (SSSR count). The van der Waals surface area contributed by atoms with Crippen LogP contribution in [-0.2, 0) is 4.74 Å². The highest BCUT2D eigenvalue weighted by Gasteiger charge is 2.24. The van der Waals surface area contributed by atoms with Gasteiger partial charge in [0.15, 0.2) is 10.8 Å². The molecule has 0 saturated heterocycles. The van der Waals surface area contributed by atoms with Crippen molar-refractivity contribution in [3.05, 3.63) is 11.1 Å². The molecule has 0 aliphatic heterocycles. The Morgan fingerprint density at radius 3 is 3.07 bits per heavy atom. The first-order valence-corrected chi connectivity index (χ1v) is 5.83. The van der Waals surface area contributed by atoms with Gasteiger partial charge < -0.3 is 9.64 Å². The minimum Gasteiger partial charge on any atom is -0.464 e. The Balaban J connectivity index is 2.01. The van der Waals surface area contributed by atoms with Crippen molar-refractivity contribution in [1.29, 1.82) is 0 Å². The molecule has 1 fully saturated rings. The van der Waals surface area contributed by atoms with Crippen LogP contribution in [0, 0.1) is 5.92 Å². The number of carbonyl (C=O) groups excluding carboxylic acids is 1. The molecule has 82 valence electrons. The summed E-state index contributed by atoms with van der Waals surface area (Å²) in [6, 6.07) is 0. The van der Waals surface area contributed by atoms with Crippen molar-refractivity contribution in [2.75, 3.05) is 25.6 Å². The van der Waals surface area contributed by atoms with Gasteiger partial charge in [-0.05, 0) is 18.8 Å². The summed E-state index contributed by atoms with van der Waals surface area (Å²) in [5.74, 6) is 0.456. The maximum Gasteiger partial charge on any atom is 0.357 e. The van der Waals surface area contributed by atoms with E-state index in [9.17, 15) is 4.79 Å². The fourth-order valence-electron chi connectivity index (χ4n) is 1.40. The Bertz CT molecular complexity index is 360. The molecule has 0 N–H and O–H groups in total. The summed E-state index contributed by atoms with van der Waals surface area (Å²) in [5.41, 5.74) is 0.403. The summed E-state index contributed by atoms with van der Waals surface area (Å²) < 4.78 is 4.61. The van der Waals surface area contributed by atoms with E-state index in [1.54, 1.807) is 5.38 Å². The van der Waals surface area contributed by atoms with Gasteiger partial charge in [-0.25, -0.2) is 9.78 Å². The third kappa shape index (κ3) is 2.47. The zero-order valence-corrected chi connectivity index (χ0v) is 9.71. The number of nitrogens with zero attached hydrogens (tertiary/aromatic N) is 2. The summed E-state index contributed by atoms with van der Waals surface area (Å²) in [4.78, 5) is 17.5. The van der Waals surface area contributed by atoms with E-state index in [-0.39, 0.29) is 5.97 Å². The first-order chi connectivity index (χ1) is 7.20. The van der Waals surface area contributed by atoms with Gasteiger partial charge in [-0.15, -0.1) is 11.3 Å². The van der Waals surface area contributed by atoms with Crippen molar-refractivity contribution in [3.8, 4) is 0 Å². The average molecular weight is 226 g/mol. The molecule has 0 amide bonds. The van der Waals surface area contributed by atoms with Crippen LogP contribution in [0.15, 0.2) is 5.38 Å². The molecule has 1 aliphatic carbocycles. The second-order valence-corrected chi connectivity index (χ2v) is 4.67. The molecule has 1 aliphatic rings. The second kappa shape index (κ2) is 4.18. The van der Waals surface area contributed by atoms with E-state index in [0.717, 1.165) is 17.6 Å². The molecule has 1 aromatic rings. The lowest BCUT2D eigenvalue weighted by molar-refractivity contribution is 0.0595. The van der Waals surface area contributed by atoms with Crippen molar-refractivity contribution >= 4 is 22.4 Å². The van der Waals surface area contributed by atoms with Gasteiger partial charge in [0.2, 0.25) is 0 Å². The first-order valence-electron chi connectivity index (χ1n) is 4.95. The first kappa shape index (κ1) is 10.4. The third-order valence-corrected chi connectivity index (χ3v) is 3.40. The normalized spacial score (nSPS) is 15.1. The molecule has 0 spiro atoms. The maximum absolute atomic E-state index is 11.2. The zero-order chi connectivity index (χ0) is 10.8. The summed E-state index contributed by atoms with van der Waals surface area (Å²) >= 11 is 1.49. The highest BCUT2D eigenvalue weighted by Crippen LogP contribution is 2.31. The number of hydrogen-bond donors (Lipinski definition) is 0. The summed E-state index contributed by atoms with van der Waals surface area (Å²) in [5, 5.41) is 2.63. The van der Waals surface area contributed by atoms with Crippen LogP contribution in [-0.4, -0.2) is 31.7 Å². The van der Waals surface area contributed by atoms with Crippen molar-refractivity contribution in [1.82, 2.24) is 4.98 Å². The lowest BCUT2D eigenvalue weighted by Gasteiger charge is -2.14. The number of esters is 1. The number of carbonyl (C=O) groups is 1.